The molecular weight excluding hydrogens is 1090 g/mol. The second-order valence-electron chi connectivity index (χ2n) is 16.9. The summed E-state index contributed by atoms with van der Waals surface area (Å²) in [6.07, 6.45) is -11.5. The molecule has 0 spiro atoms. The van der Waals surface area contributed by atoms with E-state index in [1.807, 2.05) is 6.07 Å². The maximum Gasteiger partial charge on any atom is 0.404 e. The number of nitrogens with one attached hydrogen (secondary N) is 2. The van der Waals surface area contributed by atoms with Crippen LogP contribution in [0.5, 0.6) is 0 Å². The van der Waals surface area contributed by atoms with Crippen LogP contribution in [0.2, 0.25) is 0 Å². The highest BCUT2D eigenvalue weighted by molar-refractivity contribution is 9.09. The van der Waals surface area contributed by atoms with Gasteiger partial charge < -0.3 is 19.5 Å². The SMILES string of the molecule is FC(F)(F)C1CCCC1.O=C(NCCBr)N(Cc1ccc(-c2nnc(C(F)F)o2)cc1F)c1ccccc1.O=C(NCCN1CCC[C@H]1C(F)(F)F)N(Cc1ccc(-c2nnc(C(F)F)o2)cc1F)c1ccccc1. The molecule has 1 aliphatic carbocycles. The molecule has 1 saturated heterocycles. The first-order valence-corrected chi connectivity index (χ1v) is 24.3. The molecule has 2 N–H and O–H groups in total. The molecule has 1 aliphatic heterocycles. The summed E-state index contributed by atoms with van der Waals surface area (Å²) in [4.78, 5) is 29.5. The molecule has 2 aliphatic rings. The number of halogens is 13. The number of hydrogen-bond acceptors (Lipinski definition) is 9. The lowest BCUT2D eigenvalue weighted by Crippen LogP contribution is -2.46. The molecule has 75 heavy (non-hydrogen) atoms. The molecule has 404 valence electrons. The molecule has 2 aromatic heterocycles. The molecule has 4 aromatic carbocycles. The molecule has 3 heterocycles. The van der Waals surface area contributed by atoms with Gasteiger partial charge in [0.1, 0.15) is 17.7 Å². The van der Waals surface area contributed by atoms with Crippen molar-refractivity contribution in [3.8, 4) is 22.9 Å². The van der Waals surface area contributed by atoms with Crippen LogP contribution in [-0.4, -0.2) is 87.3 Å². The van der Waals surface area contributed by atoms with Crippen molar-refractivity contribution < 1.29 is 71.1 Å². The van der Waals surface area contributed by atoms with Crippen molar-refractivity contribution in [2.45, 2.75) is 82.9 Å². The number of nitrogens with zero attached hydrogens (tertiary/aromatic N) is 7. The molecule has 26 heteroatoms. The molecule has 1 saturated carbocycles. The normalized spacial score (nSPS) is 15.1. The number of carbonyl (C=O) groups excluding carboxylic acids is 2. The van der Waals surface area contributed by atoms with Crippen molar-refractivity contribution in [1.82, 2.24) is 35.9 Å². The number of likely N-dealkylation sites (tertiary alicyclic amines) is 1. The van der Waals surface area contributed by atoms with Gasteiger partial charge in [-0.05, 0) is 80.8 Å². The van der Waals surface area contributed by atoms with Crippen molar-refractivity contribution in [1.29, 1.82) is 0 Å². The predicted octanol–water partition coefficient (Wildman–Crippen LogP) is 13.2. The molecule has 0 unspecified atom stereocenters. The van der Waals surface area contributed by atoms with E-state index in [0.29, 0.717) is 49.1 Å². The van der Waals surface area contributed by atoms with Gasteiger partial charge in [0.15, 0.2) is 0 Å². The Morgan fingerprint density at radius 1 is 0.627 bits per heavy atom. The van der Waals surface area contributed by atoms with Gasteiger partial charge in [-0.15, -0.1) is 20.4 Å². The smallest absolute Gasteiger partial charge is 0.404 e. The maximum atomic E-state index is 14.9. The summed E-state index contributed by atoms with van der Waals surface area (Å²) < 4.78 is 165. The average molecular weight is 1130 g/mol. The molecule has 0 bridgehead atoms. The van der Waals surface area contributed by atoms with E-state index in [0.717, 1.165) is 25.0 Å². The summed E-state index contributed by atoms with van der Waals surface area (Å²) in [6.45, 7) is 0.456. The minimum atomic E-state index is -4.33. The average Bonchev–Trinajstić information content (AvgIpc) is 4.24. The number of carbonyl (C=O) groups is 2. The van der Waals surface area contributed by atoms with Crippen LogP contribution in [0, 0.1) is 17.6 Å². The van der Waals surface area contributed by atoms with E-state index in [2.05, 4.69) is 47.0 Å². The molecule has 6 aromatic rings. The Hall–Kier alpha value is -6.70. The van der Waals surface area contributed by atoms with E-state index >= 15 is 0 Å². The van der Waals surface area contributed by atoms with Crippen LogP contribution in [-0.2, 0) is 13.1 Å². The Balaban J connectivity index is 0.000000213. The van der Waals surface area contributed by atoms with Gasteiger partial charge >= 0.3 is 37.3 Å². The van der Waals surface area contributed by atoms with Crippen LogP contribution in [0.4, 0.5) is 73.6 Å². The lowest BCUT2D eigenvalue weighted by molar-refractivity contribution is -0.175. The molecule has 1 atom stereocenters. The van der Waals surface area contributed by atoms with E-state index in [9.17, 15) is 62.3 Å². The summed E-state index contributed by atoms with van der Waals surface area (Å²) >= 11 is 3.24. The lowest BCUT2D eigenvalue weighted by Gasteiger charge is -2.27. The van der Waals surface area contributed by atoms with E-state index < -0.39 is 66.6 Å². The third kappa shape index (κ3) is 16.4. The van der Waals surface area contributed by atoms with Crippen molar-refractivity contribution in [2.24, 2.45) is 5.92 Å². The molecular formula is C49H48BrF12N9O4. The Bertz CT molecular complexity index is 2750. The molecule has 2 fully saturated rings. The number of benzene rings is 4. The maximum absolute atomic E-state index is 14.9. The third-order valence-electron chi connectivity index (χ3n) is 11.7. The van der Waals surface area contributed by atoms with Gasteiger partial charge in [0.25, 0.3) is 11.8 Å². The van der Waals surface area contributed by atoms with Crippen molar-refractivity contribution >= 4 is 39.4 Å². The van der Waals surface area contributed by atoms with Crippen molar-refractivity contribution in [2.75, 3.05) is 41.3 Å². The highest BCUT2D eigenvalue weighted by atomic mass is 79.9. The number of alkyl halides is 11. The fourth-order valence-corrected chi connectivity index (χ4v) is 8.18. The zero-order valence-corrected chi connectivity index (χ0v) is 41.0. The zero-order chi connectivity index (χ0) is 54.3. The first kappa shape index (κ1) is 57.6. The van der Waals surface area contributed by atoms with Gasteiger partial charge in [-0.1, -0.05) is 77.3 Å². The Labute approximate surface area is 429 Å². The lowest BCUT2D eigenvalue weighted by atomic mass is 10.1. The Morgan fingerprint density at radius 2 is 1.08 bits per heavy atom. The standard InChI is InChI=1S/C24H23F6N5O2.C19H16BrF3N4O2.C6H9F3/c25-18-13-15(21-32-33-22(37-21)20(26)27)8-9-16(18)14-35(17-5-2-1-3-6-17)23(36)31-10-12-34-11-4-7-19(34)24(28,29)30;20-8-9-24-19(28)27(14-4-2-1-3-5-14)11-13-7-6-12(10-15(13)21)17-25-26-18(29-17)16(22)23;7-6(8,9)5-3-1-2-4-5/h1-3,5-6,8-9,13,19-20H,4,7,10-12,14H2,(H,31,36);1-7,10,16H,8-9,11H2,(H,24,28);5H,1-4H2/t19-;;/m0../s1. The monoisotopic (exact) mass is 1130 g/mol. The van der Waals surface area contributed by atoms with Gasteiger partial charge in [-0.25, -0.2) is 18.4 Å². The van der Waals surface area contributed by atoms with Crippen LogP contribution in [0.25, 0.3) is 22.9 Å². The second-order valence-corrected chi connectivity index (χ2v) is 17.7. The van der Waals surface area contributed by atoms with Crippen molar-refractivity contribution in [3.63, 3.8) is 0 Å². The first-order valence-electron chi connectivity index (χ1n) is 23.2. The summed E-state index contributed by atoms with van der Waals surface area (Å²) in [6, 6.07) is 22.5. The largest absolute Gasteiger partial charge is 0.415 e. The summed E-state index contributed by atoms with van der Waals surface area (Å²) in [7, 11) is 0. The van der Waals surface area contributed by atoms with Crippen LogP contribution in [0.1, 0.15) is 74.3 Å². The van der Waals surface area contributed by atoms with E-state index in [4.69, 9.17) is 8.83 Å². The Morgan fingerprint density at radius 3 is 1.45 bits per heavy atom. The summed E-state index contributed by atoms with van der Waals surface area (Å²) in [5, 5.41) is 19.4. The van der Waals surface area contributed by atoms with E-state index in [1.165, 1.54) is 39.0 Å². The minimum Gasteiger partial charge on any atom is -0.415 e. The number of para-hydroxylation sites is 2. The minimum absolute atomic E-state index is 0.0202. The van der Waals surface area contributed by atoms with Gasteiger partial charge in [-0.2, -0.15) is 43.9 Å². The summed E-state index contributed by atoms with van der Waals surface area (Å²) in [5.41, 5.74) is 1.63. The fraction of sp³-hybridized carbons (Fsp3) is 0.388. The first-order chi connectivity index (χ1) is 35.7. The third-order valence-corrected chi connectivity index (χ3v) is 12.1. The van der Waals surface area contributed by atoms with Gasteiger partial charge in [-0.3, -0.25) is 14.7 Å². The number of hydrogen-bond donors (Lipinski definition) is 2. The van der Waals surface area contributed by atoms with E-state index in [1.54, 1.807) is 54.6 Å². The number of aromatic nitrogens is 4. The molecule has 13 nitrogen and oxygen atoms in total. The van der Waals surface area contributed by atoms with Gasteiger partial charge in [0.05, 0.1) is 19.0 Å². The quantitative estimate of drug-likeness (QED) is 0.0758. The number of anilines is 2. The van der Waals surface area contributed by atoms with Crippen LogP contribution in [0.15, 0.2) is 106 Å². The predicted molar refractivity (Wildman–Crippen MR) is 254 cm³/mol. The molecule has 8 rings (SSSR count). The topological polar surface area (TPSA) is 146 Å². The molecule has 0 radical (unpaired) electrons. The highest BCUT2D eigenvalue weighted by Gasteiger charge is 2.45. The van der Waals surface area contributed by atoms with E-state index in [-0.39, 0.29) is 72.7 Å². The van der Waals surface area contributed by atoms with Crippen LogP contribution in [0.3, 0.4) is 0 Å². The van der Waals surface area contributed by atoms with Crippen molar-refractivity contribution in [3.05, 3.63) is 132 Å². The summed E-state index contributed by atoms with van der Waals surface area (Å²) in [5.74, 6) is -4.57. The van der Waals surface area contributed by atoms with Crippen LogP contribution >= 0.6 is 15.9 Å². The van der Waals surface area contributed by atoms with Crippen LogP contribution < -0.4 is 20.4 Å². The zero-order valence-electron chi connectivity index (χ0n) is 39.4. The fourth-order valence-electron chi connectivity index (χ4n) is 7.98. The Kier molecular flexibility index (Phi) is 20.5. The van der Waals surface area contributed by atoms with Gasteiger partial charge in [0.2, 0.25) is 11.8 Å². The molecule has 4 amide bonds. The number of amides is 4. The number of urea groups is 2. The number of rotatable bonds is 15. The highest BCUT2D eigenvalue weighted by Crippen LogP contribution is 2.38. The van der Waals surface area contributed by atoms with Gasteiger partial charge in [0, 0.05) is 58.6 Å². The second kappa shape index (κ2) is 26.7.